The number of rotatable bonds is 4. The van der Waals surface area contributed by atoms with Gasteiger partial charge in [-0.3, -0.25) is 9.78 Å². The van der Waals surface area contributed by atoms with Crippen LogP contribution >= 0.6 is 23.2 Å². The van der Waals surface area contributed by atoms with E-state index in [1.165, 1.54) is 0 Å². The number of amides is 1. The van der Waals surface area contributed by atoms with E-state index < -0.39 is 0 Å². The van der Waals surface area contributed by atoms with Crippen LogP contribution in [0.5, 0.6) is 0 Å². The highest BCUT2D eigenvalue weighted by atomic mass is 35.5. The highest BCUT2D eigenvalue weighted by Crippen LogP contribution is 2.31. The number of anilines is 1. The van der Waals surface area contributed by atoms with Crippen LogP contribution in [-0.2, 0) is 11.2 Å². The Morgan fingerprint density at radius 2 is 1.74 bits per heavy atom. The van der Waals surface area contributed by atoms with Crippen molar-refractivity contribution in [2.75, 3.05) is 11.4 Å². The van der Waals surface area contributed by atoms with E-state index in [1.54, 1.807) is 12.4 Å². The van der Waals surface area contributed by atoms with Crippen LogP contribution in [0.25, 0.3) is 11.1 Å². The summed E-state index contributed by atoms with van der Waals surface area (Å²) in [6.45, 7) is 0.743. The lowest BCUT2D eigenvalue weighted by molar-refractivity contribution is -0.120. The molecule has 1 unspecified atom stereocenters. The van der Waals surface area contributed by atoms with Gasteiger partial charge in [0.25, 0.3) is 0 Å². The summed E-state index contributed by atoms with van der Waals surface area (Å²) in [5.74, 6) is 0.195. The van der Waals surface area contributed by atoms with E-state index in [0.717, 1.165) is 41.8 Å². The molecule has 3 aromatic rings. The Hall–Kier alpha value is -2.36. The minimum Gasteiger partial charge on any atom is -0.312 e. The lowest BCUT2D eigenvalue weighted by Gasteiger charge is -2.17. The van der Waals surface area contributed by atoms with Crippen LogP contribution in [0.2, 0.25) is 10.0 Å². The van der Waals surface area contributed by atoms with Gasteiger partial charge >= 0.3 is 0 Å². The van der Waals surface area contributed by atoms with Gasteiger partial charge in [0.05, 0.1) is 5.02 Å². The molecule has 5 heteroatoms. The third kappa shape index (κ3) is 3.85. The number of hydrogen-bond acceptors (Lipinski definition) is 2. The zero-order valence-corrected chi connectivity index (χ0v) is 16.1. The highest BCUT2D eigenvalue weighted by molar-refractivity contribution is 6.33. The standard InChI is InChI=1S/C22H18Cl2N2O/c23-18-5-1-15(2-6-18)13-17-10-12-26(22(17)27)19-7-3-16(4-8-19)20-9-11-25-14-21(20)24/h1-9,11,14,17H,10,12-13H2. The molecule has 0 N–H and O–H groups in total. The summed E-state index contributed by atoms with van der Waals surface area (Å²) in [6.07, 6.45) is 4.97. The van der Waals surface area contributed by atoms with Crippen molar-refractivity contribution in [1.82, 2.24) is 4.98 Å². The molecule has 1 saturated heterocycles. The Morgan fingerprint density at radius 1 is 1.00 bits per heavy atom. The second-order valence-corrected chi connectivity index (χ2v) is 7.55. The van der Waals surface area contributed by atoms with Crippen LogP contribution in [0.3, 0.4) is 0 Å². The van der Waals surface area contributed by atoms with Gasteiger partial charge in [-0.2, -0.15) is 0 Å². The molecule has 3 nitrogen and oxygen atoms in total. The number of halogens is 2. The summed E-state index contributed by atoms with van der Waals surface area (Å²) >= 11 is 12.2. The Labute approximate surface area is 168 Å². The van der Waals surface area contributed by atoms with Crippen molar-refractivity contribution in [2.24, 2.45) is 5.92 Å². The topological polar surface area (TPSA) is 33.2 Å². The molecule has 0 bridgehead atoms. The average molecular weight is 397 g/mol. The summed E-state index contributed by atoms with van der Waals surface area (Å²) in [5, 5.41) is 1.33. The second-order valence-electron chi connectivity index (χ2n) is 6.71. The third-order valence-corrected chi connectivity index (χ3v) is 5.53. The maximum Gasteiger partial charge on any atom is 0.230 e. The number of aromatic nitrogens is 1. The summed E-state index contributed by atoms with van der Waals surface area (Å²) in [5.41, 5.74) is 4.01. The largest absolute Gasteiger partial charge is 0.312 e. The van der Waals surface area contributed by atoms with Gasteiger partial charge < -0.3 is 4.90 Å². The first kappa shape index (κ1) is 18.0. The molecule has 2 aromatic carbocycles. The van der Waals surface area contributed by atoms with Crippen molar-refractivity contribution in [3.05, 3.63) is 82.6 Å². The van der Waals surface area contributed by atoms with E-state index in [9.17, 15) is 4.79 Å². The Balaban J connectivity index is 1.48. The minimum atomic E-state index is 0.0143. The third-order valence-electron chi connectivity index (χ3n) is 4.97. The zero-order valence-electron chi connectivity index (χ0n) is 14.6. The molecule has 0 aliphatic carbocycles. The summed E-state index contributed by atoms with van der Waals surface area (Å²) in [4.78, 5) is 18.7. The summed E-state index contributed by atoms with van der Waals surface area (Å²) in [6, 6.07) is 17.6. The first-order valence-electron chi connectivity index (χ1n) is 8.87. The molecule has 0 spiro atoms. The van der Waals surface area contributed by atoms with Gasteiger partial charge in [0, 0.05) is 41.1 Å². The molecule has 0 saturated carbocycles. The fraction of sp³-hybridized carbons (Fsp3) is 0.182. The molecule has 1 fully saturated rings. The number of nitrogens with zero attached hydrogens (tertiary/aromatic N) is 2. The number of pyridine rings is 1. The molecular formula is C22H18Cl2N2O. The molecule has 27 heavy (non-hydrogen) atoms. The maximum absolute atomic E-state index is 12.9. The fourth-order valence-corrected chi connectivity index (χ4v) is 3.87. The first-order chi connectivity index (χ1) is 13.1. The van der Waals surface area contributed by atoms with Crippen molar-refractivity contribution in [1.29, 1.82) is 0 Å². The predicted molar refractivity (Wildman–Crippen MR) is 110 cm³/mol. The molecule has 1 aliphatic heterocycles. The molecule has 0 radical (unpaired) electrons. The van der Waals surface area contributed by atoms with E-state index in [-0.39, 0.29) is 11.8 Å². The summed E-state index contributed by atoms with van der Waals surface area (Å²) < 4.78 is 0. The SMILES string of the molecule is O=C1C(Cc2ccc(Cl)cc2)CCN1c1ccc(-c2ccncc2Cl)cc1. The molecule has 1 aliphatic rings. The van der Waals surface area contributed by atoms with Crippen LogP contribution in [0.1, 0.15) is 12.0 Å². The quantitative estimate of drug-likeness (QED) is 0.570. The van der Waals surface area contributed by atoms with Crippen molar-refractivity contribution in [3.8, 4) is 11.1 Å². The first-order valence-corrected chi connectivity index (χ1v) is 9.63. The van der Waals surface area contributed by atoms with Gasteiger partial charge in [0.1, 0.15) is 0 Å². The van der Waals surface area contributed by atoms with Gasteiger partial charge in [-0.05, 0) is 54.3 Å². The number of hydrogen-bond donors (Lipinski definition) is 0. The van der Waals surface area contributed by atoms with E-state index in [4.69, 9.17) is 23.2 Å². The molecule has 1 aromatic heterocycles. The monoisotopic (exact) mass is 396 g/mol. The Kier molecular flexibility index (Phi) is 5.15. The molecule has 1 amide bonds. The molecule has 1 atom stereocenters. The predicted octanol–water partition coefficient (Wildman–Crippen LogP) is 5.65. The molecule has 2 heterocycles. The van der Waals surface area contributed by atoms with Gasteiger partial charge in [-0.15, -0.1) is 0 Å². The van der Waals surface area contributed by atoms with Crippen molar-refractivity contribution in [2.45, 2.75) is 12.8 Å². The van der Waals surface area contributed by atoms with Crippen LogP contribution in [0.4, 0.5) is 5.69 Å². The second kappa shape index (κ2) is 7.71. The van der Waals surface area contributed by atoms with Crippen molar-refractivity contribution >= 4 is 34.8 Å². The smallest absolute Gasteiger partial charge is 0.230 e. The van der Waals surface area contributed by atoms with Crippen LogP contribution in [0.15, 0.2) is 67.0 Å². The Bertz CT molecular complexity index is 955. The zero-order chi connectivity index (χ0) is 18.8. The van der Waals surface area contributed by atoms with Crippen molar-refractivity contribution < 1.29 is 4.79 Å². The summed E-state index contributed by atoms with van der Waals surface area (Å²) in [7, 11) is 0. The normalized spacial score (nSPS) is 16.7. The van der Waals surface area contributed by atoms with E-state index in [0.29, 0.717) is 10.0 Å². The molecule has 4 rings (SSSR count). The average Bonchev–Trinajstić information content (AvgIpc) is 3.05. The lowest BCUT2D eigenvalue weighted by atomic mass is 9.98. The fourth-order valence-electron chi connectivity index (χ4n) is 3.52. The van der Waals surface area contributed by atoms with E-state index in [1.807, 2.05) is 59.5 Å². The minimum absolute atomic E-state index is 0.0143. The number of benzene rings is 2. The van der Waals surface area contributed by atoms with Gasteiger partial charge in [-0.1, -0.05) is 47.5 Å². The Morgan fingerprint density at radius 3 is 2.44 bits per heavy atom. The van der Waals surface area contributed by atoms with Gasteiger partial charge in [-0.25, -0.2) is 0 Å². The van der Waals surface area contributed by atoms with Crippen LogP contribution in [0, 0.1) is 5.92 Å². The van der Waals surface area contributed by atoms with Crippen molar-refractivity contribution in [3.63, 3.8) is 0 Å². The maximum atomic E-state index is 12.9. The lowest BCUT2D eigenvalue weighted by Crippen LogP contribution is -2.27. The highest BCUT2D eigenvalue weighted by Gasteiger charge is 2.32. The van der Waals surface area contributed by atoms with Crippen LogP contribution < -0.4 is 4.90 Å². The molecular weight excluding hydrogens is 379 g/mol. The molecule has 136 valence electrons. The number of carbonyl (C=O) groups is 1. The van der Waals surface area contributed by atoms with Gasteiger partial charge in [0.2, 0.25) is 5.91 Å². The van der Waals surface area contributed by atoms with Crippen LogP contribution in [-0.4, -0.2) is 17.4 Å². The van der Waals surface area contributed by atoms with E-state index >= 15 is 0 Å². The van der Waals surface area contributed by atoms with Gasteiger partial charge in [0.15, 0.2) is 0 Å². The number of carbonyl (C=O) groups excluding carboxylic acids is 1. The van der Waals surface area contributed by atoms with E-state index in [2.05, 4.69) is 4.98 Å².